The minimum Gasteiger partial charge on any atom is -0.480 e. The Morgan fingerprint density at radius 1 is 1.09 bits per heavy atom. The maximum absolute atomic E-state index is 13.0. The predicted molar refractivity (Wildman–Crippen MR) is 124 cm³/mol. The van der Waals surface area contributed by atoms with Crippen LogP contribution in [0.15, 0.2) is 17.5 Å². The number of aromatic amines is 1. The lowest BCUT2D eigenvalue weighted by Crippen LogP contribution is -2.58. The first-order valence-corrected chi connectivity index (χ1v) is 10.8. The summed E-state index contributed by atoms with van der Waals surface area (Å²) in [4.78, 5) is 59.8. The highest BCUT2D eigenvalue weighted by atomic mass is 16.4. The van der Waals surface area contributed by atoms with Gasteiger partial charge in [-0.25, -0.2) is 4.98 Å². The number of carbonyl (C=O) groups excluding carboxylic acids is 3. The van der Waals surface area contributed by atoms with E-state index in [-0.39, 0.29) is 31.3 Å². The number of nitrogens with one attached hydrogen (secondary N) is 4. The molecule has 190 valence electrons. The van der Waals surface area contributed by atoms with Crippen LogP contribution >= 0.6 is 0 Å². The topological polar surface area (TPSA) is 244 Å². The van der Waals surface area contributed by atoms with Crippen LogP contribution in [0.1, 0.15) is 39.3 Å². The van der Waals surface area contributed by atoms with Gasteiger partial charge in [-0.05, 0) is 25.7 Å². The number of nitrogens with two attached hydrogens (primary N) is 3. The van der Waals surface area contributed by atoms with E-state index in [1.165, 1.54) is 13.3 Å². The number of aliphatic imine (C=N–C) groups is 1. The summed E-state index contributed by atoms with van der Waals surface area (Å²) in [6, 6.07) is -4.14. The van der Waals surface area contributed by atoms with Crippen LogP contribution in [-0.4, -0.2) is 75.4 Å². The predicted octanol–water partition coefficient (Wildman–Crippen LogP) is -2.45. The molecule has 1 aromatic rings. The zero-order chi connectivity index (χ0) is 25.8. The zero-order valence-electron chi connectivity index (χ0n) is 19.6. The Hall–Kier alpha value is -3.68. The first kappa shape index (κ1) is 28.4. The molecule has 1 aromatic heterocycles. The maximum Gasteiger partial charge on any atom is 0.325 e. The molecule has 14 nitrogen and oxygen atoms in total. The van der Waals surface area contributed by atoms with Crippen LogP contribution in [-0.2, 0) is 25.6 Å². The van der Waals surface area contributed by atoms with Gasteiger partial charge < -0.3 is 43.2 Å². The van der Waals surface area contributed by atoms with E-state index in [2.05, 4.69) is 30.9 Å². The Labute approximate surface area is 197 Å². The van der Waals surface area contributed by atoms with Crippen LogP contribution in [0.2, 0.25) is 0 Å². The number of aromatic nitrogens is 2. The fraction of sp³-hybridized carbons (Fsp3) is 0.600. The fourth-order valence-corrected chi connectivity index (χ4v) is 2.93. The van der Waals surface area contributed by atoms with Gasteiger partial charge in [-0.2, -0.15) is 0 Å². The second-order valence-electron chi connectivity index (χ2n) is 8.20. The highest BCUT2D eigenvalue weighted by molar-refractivity contribution is 5.94. The Morgan fingerprint density at radius 2 is 1.76 bits per heavy atom. The van der Waals surface area contributed by atoms with Gasteiger partial charge in [0.2, 0.25) is 17.7 Å². The first-order chi connectivity index (χ1) is 15.9. The molecule has 0 saturated heterocycles. The Balaban J connectivity index is 2.87. The average Bonchev–Trinajstić information content (AvgIpc) is 3.25. The first-order valence-electron chi connectivity index (χ1n) is 10.8. The van der Waals surface area contributed by atoms with Crippen LogP contribution in [0.25, 0.3) is 0 Å². The third-order valence-corrected chi connectivity index (χ3v) is 4.89. The summed E-state index contributed by atoms with van der Waals surface area (Å²) in [6.07, 6.45) is 3.68. The number of hydrogen-bond acceptors (Lipinski definition) is 7. The second-order valence-corrected chi connectivity index (χ2v) is 8.20. The van der Waals surface area contributed by atoms with Gasteiger partial charge in [0.1, 0.15) is 18.1 Å². The molecular weight excluding hydrogens is 446 g/mol. The van der Waals surface area contributed by atoms with E-state index < -0.39 is 47.9 Å². The molecule has 0 saturated carbocycles. The summed E-state index contributed by atoms with van der Waals surface area (Å²) in [5, 5.41) is 16.6. The largest absolute Gasteiger partial charge is 0.480 e. The lowest BCUT2D eigenvalue weighted by Gasteiger charge is -2.26. The molecule has 0 bridgehead atoms. The number of guanidine groups is 1. The minimum absolute atomic E-state index is 0.112. The molecule has 0 aliphatic carbocycles. The number of hydrogen-bond donors (Lipinski definition) is 8. The van der Waals surface area contributed by atoms with E-state index >= 15 is 0 Å². The van der Waals surface area contributed by atoms with E-state index in [4.69, 9.17) is 22.3 Å². The van der Waals surface area contributed by atoms with Gasteiger partial charge >= 0.3 is 5.97 Å². The van der Waals surface area contributed by atoms with E-state index in [1.54, 1.807) is 20.0 Å². The summed E-state index contributed by atoms with van der Waals surface area (Å²) >= 11 is 0. The second kappa shape index (κ2) is 13.8. The Bertz CT molecular complexity index is 853. The summed E-state index contributed by atoms with van der Waals surface area (Å²) in [7, 11) is 0. The number of carboxylic acid groups (broad SMARTS) is 1. The molecule has 0 unspecified atom stereocenters. The van der Waals surface area contributed by atoms with Crippen molar-refractivity contribution in [3.8, 4) is 0 Å². The molecule has 4 atom stereocenters. The number of carbonyl (C=O) groups is 4. The number of nitrogens with zero attached hydrogens (tertiary/aromatic N) is 2. The summed E-state index contributed by atoms with van der Waals surface area (Å²) in [5.74, 6) is -3.50. The number of rotatable bonds is 14. The molecule has 11 N–H and O–H groups in total. The van der Waals surface area contributed by atoms with Crippen molar-refractivity contribution in [3.63, 3.8) is 0 Å². The molecule has 0 aromatic carbocycles. The maximum atomic E-state index is 13.0. The molecule has 0 spiro atoms. The molecule has 0 radical (unpaired) electrons. The highest BCUT2D eigenvalue weighted by Crippen LogP contribution is 2.07. The van der Waals surface area contributed by atoms with Crippen molar-refractivity contribution in [2.24, 2.45) is 28.1 Å². The van der Waals surface area contributed by atoms with Crippen molar-refractivity contribution in [2.45, 2.75) is 64.2 Å². The van der Waals surface area contributed by atoms with Crippen LogP contribution in [0.4, 0.5) is 0 Å². The molecule has 34 heavy (non-hydrogen) atoms. The minimum atomic E-state index is -1.22. The molecule has 1 heterocycles. The van der Waals surface area contributed by atoms with E-state index in [9.17, 15) is 19.2 Å². The van der Waals surface area contributed by atoms with Gasteiger partial charge in [-0.1, -0.05) is 13.8 Å². The van der Waals surface area contributed by atoms with Crippen molar-refractivity contribution >= 4 is 29.7 Å². The van der Waals surface area contributed by atoms with Gasteiger partial charge in [0.25, 0.3) is 0 Å². The number of aliphatic carboxylic acids is 1. The van der Waals surface area contributed by atoms with E-state index in [0.29, 0.717) is 12.1 Å². The third-order valence-electron chi connectivity index (χ3n) is 4.89. The average molecular weight is 482 g/mol. The van der Waals surface area contributed by atoms with Gasteiger partial charge in [-0.3, -0.25) is 24.2 Å². The Morgan fingerprint density at radius 3 is 2.29 bits per heavy atom. The van der Waals surface area contributed by atoms with Crippen molar-refractivity contribution in [1.82, 2.24) is 25.9 Å². The monoisotopic (exact) mass is 481 g/mol. The number of imidazole rings is 1. The number of H-pyrrole nitrogens is 1. The quantitative estimate of drug-likeness (QED) is 0.0797. The van der Waals surface area contributed by atoms with Gasteiger partial charge in [0, 0.05) is 24.9 Å². The molecule has 1 rings (SSSR count). The molecule has 0 aliphatic heterocycles. The summed E-state index contributed by atoms with van der Waals surface area (Å²) in [6.45, 7) is 4.97. The summed E-state index contributed by atoms with van der Waals surface area (Å²) < 4.78 is 0. The van der Waals surface area contributed by atoms with Crippen molar-refractivity contribution in [2.75, 3.05) is 6.54 Å². The number of carboxylic acids is 1. The summed E-state index contributed by atoms with van der Waals surface area (Å²) in [5.41, 5.74) is 17.2. The zero-order valence-corrected chi connectivity index (χ0v) is 19.6. The van der Waals surface area contributed by atoms with Crippen molar-refractivity contribution < 1.29 is 24.3 Å². The van der Waals surface area contributed by atoms with Gasteiger partial charge in [0.05, 0.1) is 12.4 Å². The lowest BCUT2D eigenvalue weighted by atomic mass is 10.0. The molecule has 3 amide bonds. The standard InChI is InChI=1S/C20H35N9O5/c1-10(2)15(29-16(30)13(21)7-12-8-24-9-26-12)18(32)28-14(5-4-6-25-20(22)23)17(31)27-11(3)19(33)34/h8-11,13-15H,4-7,21H2,1-3H3,(H,24,26)(H,27,31)(H,28,32)(H,29,30)(H,33,34)(H4,22,23,25)/t11-,13-,14-,15-/m0/s1. The smallest absolute Gasteiger partial charge is 0.325 e. The third kappa shape index (κ3) is 9.85. The normalized spacial score (nSPS) is 14.4. The van der Waals surface area contributed by atoms with Crippen molar-refractivity contribution in [3.05, 3.63) is 18.2 Å². The molecule has 0 fully saturated rings. The highest BCUT2D eigenvalue weighted by Gasteiger charge is 2.31. The van der Waals surface area contributed by atoms with Crippen molar-refractivity contribution in [1.29, 1.82) is 0 Å². The van der Waals surface area contributed by atoms with Gasteiger partial charge in [0.15, 0.2) is 5.96 Å². The number of amides is 3. The van der Waals surface area contributed by atoms with Crippen LogP contribution in [0, 0.1) is 5.92 Å². The molecular formula is C20H35N9O5. The Kier molecular flexibility index (Phi) is 11.5. The van der Waals surface area contributed by atoms with Crippen LogP contribution in [0.5, 0.6) is 0 Å². The molecule has 14 heteroatoms. The SMILES string of the molecule is CC(C)[C@H](NC(=O)[C@@H](N)Cc1cnc[nH]1)C(=O)N[C@@H](CCCN=C(N)N)C(=O)N[C@@H](C)C(=O)O. The van der Waals surface area contributed by atoms with Crippen LogP contribution in [0.3, 0.4) is 0 Å². The lowest BCUT2D eigenvalue weighted by molar-refractivity contribution is -0.141. The van der Waals surface area contributed by atoms with E-state index in [0.717, 1.165) is 0 Å². The fourth-order valence-electron chi connectivity index (χ4n) is 2.93. The molecule has 0 aliphatic rings. The van der Waals surface area contributed by atoms with Gasteiger partial charge in [-0.15, -0.1) is 0 Å². The van der Waals surface area contributed by atoms with Crippen LogP contribution < -0.4 is 33.2 Å². The van der Waals surface area contributed by atoms with E-state index in [1.807, 2.05) is 0 Å².